The van der Waals surface area contributed by atoms with E-state index >= 15 is 0 Å². The summed E-state index contributed by atoms with van der Waals surface area (Å²) in [5, 5.41) is 9.44. The fourth-order valence-electron chi connectivity index (χ4n) is 4.43. The van der Waals surface area contributed by atoms with Crippen LogP contribution in [0.25, 0.3) is 11.4 Å². The number of rotatable bonds is 7. The van der Waals surface area contributed by atoms with E-state index in [0.29, 0.717) is 29.3 Å². The second-order valence-corrected chi connectivity index (χ2v) is 9.71. The summed E-state index contributed by atoms with van der Waals surface area (Å²) in [6.45, 7) is 3.69. The lowest BCUT2D eigenvalue weighted by Crippen LogP contribution is -2.40. The third-order valence-electron chi connectivity index (χ3n) is 6.48. The summed E-state index contributed by atoms with van der Waals surface area (Å²) in [6.07, 6.45) is 6.68. The van der Waals surface area contributed by atoms with Crippen molar-refractivity contribution >= 4 is 17.7 Å². The molecule has 1 saturated heterocycles. The number of halogens is 1. The largest absolute Gasteiger partial charge is 0.376 e. The van der Waals surface area contributed by atoms with Gasteiger partial charge in [0.2, 0.25) is 5.91 Å². The molecule has 0 spiro atoms. The van der Waals surface area contributed by atoms with Crippen LogP contribution in [0.2, 0.25) is 0 Å². The zero-order valence-electron chi connectivity index (χ0n) is 18.3. The molecule has 6 nitrogen and oxygen atoms in total. The van der Waals surface area contributed by atoms with Gasteiger partial charge in [-0.15, -0.1) is 10.2 Å². The Morgan fingerprint density at radius 3 is 2.61 bits per heavy atom. The van der Waals surface area contributed by atoms with Crippen LogP contribution >= 0.6 is 11.8 Å². The smallest absolute Gasteiger partial charge is 0.233 e. The fourth-order valence-corrected chi connectivity index (χ4v) is 5.30. The molecule has 1 atom stereocenters. The Kier molecular flexibility index (Phi) is 7.27. The minimum Gasteiger partial charge on any atom is -0.376 e. The van der Waals surface area contributed by atoms with Crippen molar-refractivity contribution in [2.45, 2.75) is 69.3 Å². The van der Waals surface area contributed by atoms with Crippen LogP contribution in [0.4, 0.5) is 4.39 Å². The van der Waals surface area contributed by atoms with Crippen LogP contribution in [0.3, 0.4) is 0 Å². The summed E-state index contributed by atoms with van der Waals surface area (Å²) in [4.78, 5) is 14.8. The third-order valence-corrected chi connectivity index (χ3v) is 7.43. The number of aromatic nitrogens is 3. The first kappa shape index (κ1) is 22.3. The van der Waals surface area contributed by atoms with Crippen LogP contribution in [0.5, 0.6) is 0 Å². The Balaban J connectivity index is 1.46. The van der Waals surface area contributed by atoms with E-state index in [1.165, 1.54) is 36.7 Å². The molecule has 1 aromatic heterocycles. The van der Waals surface area contributed by atoms with Crippen molar-refractivity contribution in [3.63, 3.8) is 0 Å². The van der Waals surface area contributed by atoms with E-state index in [4.69, 9.17) is 4.74 Å². The van der Waals surface area contributed by atoms with Gasteiger partial charge in [-0.2, -0.15) is 0 Å². The van der Waals surface area contributed by atoms with Crippen LogP contribution in [0.1, 0.15) is 45.4 Å². The second-order valence-electron chi connectivity index (χ2n) is 8.77. The Morgan fingerprint density at radius 2 is 1.94 bits per heavy atom. The summed E-state index contributed by atoms with van der Waals surface area (Å²) in [6, 6.07) is 6.61. The number of benzene rings is 1. The van der Waals surface area contributed by atoms with E-state index in [9.17, 15) is 9.18 Å². The highest BCUT2D eigenvalue weighted by atomic mass is 32.2. The van der Waals surface area contributed by atoms with Crippen LogP contribution < -0.4 is 0 Å². The molecule has 0 radical (unpaired) electrons. The molecule has 0 bridgehead atoms. The lowest BCUT2D eigenvalue weighted by molar-refractivity contribution is -0.129. The maximum atomic E-state index is 13.4. The second kappa shape index (κ2) is 10.1. The molecule has 168 valence electrons. The number of carbonyl (C=O) groups is 1. The molecular weight excluding hydrogens is 415 g/mol. The Labute approximate surface area is 187 Å². The van der Waals surface area contributed by atoms with Gasteiger partial charge in [0.15, 0.2) is 11.0 Å². The van der Waals surface area contributed by atoms with Gasteiger partial charge in [0.25, 0.3) is 0 Å². The SMILES string of the molecule is CC1CCC(N(C)C(=O)CSc2nnc(-c3ccc(F)cc3)n2CC2CCCO2)CC1. The number of carbonyl (C=O) groups excluding carboxylic acids is 1. The molecule has 31 heavy (non-hydrogen) atoms. The predicted molar refractivity (Wildman–Crippen MR) is 119 cm³/mol. The number of ether oxygens (including phenoxy) is 1. The quantitative estimate of drug-likeness (QED) is 0.590. The highest BCUT2D eigenvalue weighted by Crippen LogP contribution is 2.29. The van der Waals surface area contributed by atoms with Gasteiger partial charge in [0.1, 0.15) is 5.82 Å². The van der Waals surface area contributed by atoms with E-state index in [0.717, 1.165) is 43.8 Å². The van der Waals surface area contributed by atoms with Crippen molar-refractivity contribution in [1.82, 2.24) is 19.7 Å². The van der Waals surface area contributed by atoms with Crippen LogP contribution in [-0.4, -0.2) is 57.1 Å². The highest BCUT2D eigenvalue weighted by Gasteiger charge is 2.26. The Hall–Kier alpha value is -1.93. The molecule has 0 N–H and O–H groups in total. The van der Waals surface area contributed by atoms with Gasteiger partial charge in [-0.3, -0.25) is 9.36 Å². The normalized spacial score (nSPS) is 23.8. The van der Waals surface area contributed by atoms with Gasteiger partial charge in [0, 0.05) is 25.3 Å². The van der Waals surface area contributed by atoms with Gasteiger partial charge in [-0.05, 0) is 68.7 Å². The van der Waals surface area contributed by atoms with Crippen LogP contribution in [-0.2, 0) is 16.1 Å². The van der Waals surface area contributed by atoms with Crippen LogP contribution in [0.15, 0.2) is 29.4 Å². The van der Waals surface area contributed by atoms with E-state index in [2.05, 4.69) is 17.1 Å². The van der Waals surface area contributed by atoms with Crippen molar-refractivity contribution in [2.24, 2.45) is 5.92 Å². The van der Waals surface area contributed by atoms with E-state index < -0.39 is 0 Å². The molecule has 1 unspecified atom stereocenters. The molecule has 1 aliphatic carbocycles. The molecule has 2 aromatic rings. The Morgan fingerprint density at radius 1 is 1.19 bits per heavy atom. The molecule has 8 heteroatoms. The van der Waals surface area contributed by atoms with Crippen LogP contribution in [0, 0.1) is 11.7 Å². The molecular formula is C23H31FN4O2S. The molecule has 2 aliphatic rings. The summed E-state index contributed by atoms with van der Waals surface area (Å²) >= 11 is 1.42. The van der Waals surface area contributed by atoms with E-state index in [-0.39, 0.29) is 17.8 Å². The van der Waals surface area contributed by atoms with Crippen molar-refractivity contribution in [1.29, 1.82) is 0 Å². The number of nitrogens with zero attached hydrogens (tertiary/aromatic N) is 4. The molecule has 1 amide bonds. The van der Waals surface area contributed by atoms with Crippen molar-refractivity contribution < 1.29 is 13.9 Å². The lowest BCUT2D eigenvalue weighted by Gasteiger charge is -2.33. The molecule has 2 fully saturated rings. The average Bonchev–Trinajstić information content (AvgIpc) is 3.43. The first-order valence-electron chi connectivity index (χ1n) is 11.2. The van der Waals surface area contributed by atoms with Gasteiger partial charge in [0.05, 0.1) is 18.4 Å². The lowest BCUT2D eigenvalue weighted by atomic mass is 9.87. The summed E-state index contributed by atoms with van der Waals surface area (Å²) in [5.41, 5.74) is 0.804. The minimum absolute atomic E-state index is 0.108. The number of hydrogen-bond acceptors (Lipinski definition) is 5. The van der Waals surface area contributed by atoms with Crippen molar-refractivity contribution in [2.75, 3.05) is 19.4 Å². The minimum atomic E-state index is -0.283. The number of thioether (sulfide) groups is 1. The first-order chi connectivity index (χ1) is 15.0. The Bertz CT molecular complexity index is 874. The molecule has 1 saturated carbocycles. The number of hydrogen-bond donors (Lipinski definition) is 0. The maximum absolute atomic E-state index is 13.4. The summed E-state index contributed by atoms with van der Waals surface area (Å²) in [5.74, 6) is 1.61. The van der Waals surface area contributed by atoms with Gasteiger partial charge < -0.3 is 9.64 Å². The predicted octanol–water partition coefficient (Wildman–Crippen LogP) is 4.39. The van der Waals surface area contributed by atoms with Crippen molar-refractivity contribution in [3.8, 4) is 11.4 Å². The molecule has 1 aromatic carbocycles. The summed E-state index contributed by atoms with van der Waals surface area (Å²) < 4.78 is 21.2. The van der Waals surface area contributed by atoms with Gasteiger partial charge in [-0.25, -0.2) is 4.39 Å². The first-order valence-corrected chi connectivity index (χ1v) is 12.2. The standard InChI is InChI=1S/C23H31FN4O2S/c1-16-5-11-19(12-6-16)27(2)21(29)15-31-23-26-25-22(17-7-9-18(24)10-8-17)28(23)14-20-4-3-13-30-20/h7-10,16,19-20H,3-6,11-15H2,1-2H3. The van der Waals surface area contributed by atoms with Gasteiger partial charge in [-0.1, -0.05) is 18.7 Å². The van der Waals surface area contributed by atoms with Gasteiger partial charge >= 0.3 is 0 Å². The fraction of sp³-hybridized carbons (Fsp3) is 0.609. The highest BCUT2D eigenvalue weighted by molar-refractivity contribution is 7.99. The summed E-state index contributed by atoms with van der Waals surface area (Å²) in [7, 11) is 1.92. The van der Waals surface area contributed by atoms with E-state index in [1.54, 1.807) is 12.1 Å². The molecule has 4 rings (SSSR count). The molecule has 1 aliphatic heterocycles. The maximum Gasteiger partial charge on any atom is 0.233 e. The zero-order chi connectivity index (χ0) is 21.8. The number of amides is 1. The zero-order valence-corrected chi connectivity index (χ0v) is 19.1. The van der Waals surface area contributed by atoms with E-state index in [1.807, 2.05) is 16.5 Å². The van der Waals surface area contributed by atoms with Crippen molar-refractivity contribution in [3.05, 3.63) is 30.1 Å². The monoisotopic (exact) mass is 446 g/mol. The third kappa shape index (κ3) is 5.47. The molecule has 2 heterocycles. The topological polar surface area (TPSA) is 60.2 Å². The average molecular weight is 447 g/mol.